The van der Waals surface area contributed by atoms with E-state index in [1.165, 1.54) is 12.8 Å². The van der Waals surface area contributed by atoms with Crippen molar-refractivity contribution in [2.45, 2.75) is 64.7 Å². The van der Waals surface area contributed by atoms with Crippen LogP contribution in [-0.4, -0.2) is 18.4 Å². The molecule has 0 N–H and O–H groups in total. The summed E-state index contributed by atoms with van der Waals surface area (Å²) in [6, 6.07) is 0. The Morgan fingerprint density at radius 3 is 2.95 bits per heavy atom. The number of unbranched alkanes of at least 4 members (excludes halogenated alkanes) is 2. The highest BCUT2D eigenvalue weighted by Crippen LogP contribution is 2.24. The molecule has 0 heterocycles. The summed E-state index contributed by atoms with van der Waals surface area (Å²) < 4.78 is 4.71. The van der Waals surface area contributed by atoms with E-state index in [9.17, 15) is 9.59 Å². The van der Waals surface area contributed by atoms with Gasteiger partial charge in [0, 0.05) is 24.7 Å². The van der Waals surface area contributed by atoms with Gasteiger partial charge in [-0.05, 0) is 32.6 Å². The first kappa shape index (κ1) is 15.8. The molecule has 1 unspecified atom stereocenters. The van der Waals surface area contributed by atoms with Gasteiger partial charge in [-0.1, -0.05) is 25.2 Å². The minimum absolute atomic E-state index is 0.278. The zero-order chi connectivity index (χ0) is 13.9. The molecule has 0 bridgehead atoms. The maximum Gasteiger partial charge on any atom is 0.384 e. The number of ether oxygens (including phenoxy) is 1. The third-order valence-electron chi connectivity index (χ3n) is 3.50. The Hall–Kier alpha value is -1.30. The smallest absolute Gasteiger partial charge is 0.384 e. The van der Waals surface area contributed by atoms with Crippen LogP contribution >= 0.6 is 0 Å². The van der Waals surface area contributed by atoms with Crippen molar-refractivity contribution in [2.24, 2.45) is 5.92 Å². The van der Waals surface area contributed by atoms with Gasteiger partial charge in [0.05, 0.1) is 6.61 Å². The molecule has 1 atom stereocenters. The standard InChI is InChI=1S/C16H24O3/c1-2-19-16(18)13-9-4-3-6-10-14-11-7-5-8-12-15(14)17/h14H,2-8,10-12H2,1H3. The van der Waals surface area contributed by atoms with Crippen LogP contribution in [0.5, 0.6) is 0 Å². The first-order chi connectivity index (χ1) is 9.24. The third-order valence-corrected chi connectivity index (χ3v) is 3.50. The monoisotopic (exact) mass is 264 g/mol. The highest BCUT2D eigenvalue weighted by Gasteiger charge is 2.19. The molecule has 3 heteroatoms. The maximum absolute atomic E-state index is 11.8. The van der Waals surface area contributed by atoms with Crippen LogP contribution in [-0.2, 0) is 14.3 Å². The number of ketones is 1. The molecule has 19 heavy (non-hydrogen) atoms. The van der Waals surface area contributed by atoms with Gasteiger partial charge in [-0.2, -0.15) is 0 Å². The van der Waals surface area contributed by atoms with Gasteiger partial charge >= 0.3 is 5.97 Å². The van der Waals surface area contributed by atoms with Crippen LogP contribution in [0, 0.1) is 17.8 Å². The molecule has 0 aromatic carbocycles. The molecule has 1 saturated carbocycles. The van der Waals surface area contributed by atoms with E-state index in [1.807, 2.05) is 0 Å². The number of carbonyl (C=O) groups excluding carboxylic acids is 2. The molecule has 0 aromatic rings. The summed E-state index contributed by atoms with van der Waals surface area (Å²) in [5, 5.41) is 0. The van der Waals surface area contributed by atoms with Crippen LogP contribution < -0.4 is 0 Å². The quantitative estimate of drug-likeness (QED) is 0.252. The topological polar surface area (TPSA) is 43.4 Å². The molecule has 0 radical (unpaired) electrons. The fourth-order valence-corrected chi connectivity index (χ4v) is 2.44. The summed E-state index contributed by atoms with van der Waals surface area (Å²) >= 11 is 0. The van der Waals surface area contributed by atoms with E-state index in [2.05, 4.69) is 11.8 Å². The summed E-state index contributed by atoms with van der Waals surface area (Å²) in [4.78, 5) is 22.8. The van der Waals surface area contributed by atoms with Crippen LogP contribution in [0.4, 0.5) is 0 Å². The van der Waals surface area contributed by atoms with Crippen molar-refractivity contribution in [1.82, 2.24) is 0 Å². The molecule has 1 aliphatic carbocycles. The molecule has 1 fully saturated rings. The van der Waals surface area contributed by atoms with Crippen LogP contribution in [0.3, 0.4) is 0 Å². The van der Waals surface area contributed by atoms with E-state index in [-0.39, 0.29) is 5.92 Å². The second-order valence-electron chi connectivity index (χ2n) is 5.03. The lowest BCUT2D eigenvalue weighted by molar-refractivity contribution is -0.136. The Labute approximate surface area is 116 Å². The first-order valence-electron chi connectivity index (χ1n) is 7.42. The van der Waals surface area contributed by atoms with Crippen molar-refractivity contribution >= 4 is 11.8 Å². The highest BCUT2D eigenvalue weighted by molar-refractivity contribution is 5.88. The molecule has 1 aliphatic rings. The maximum atomic E-state index is 11.8. The number of Topliss-reactive ketones (excluding diaryl/α,β-unsaturated/α-hetero) is 1. The molecular formula is C16H24O3. The minimum Gasteiger partial charge on any atom is -0.456 e. The van der Waals surface area contributed by atoms with Gasteiger partial charge in [0.1, 0.15) is 5.78 Å². The zero-order valence-electron chi connectivity index (χ0n) is 11.9. The average molecular weight is 264 g/mol. The zero-order valence-corrected chi connectivity index (χ0v) is 11.9. The molecular weight excluding hydrogens is 240 g/mol. The van der Waals surface area contributed by atoms with Crippen molar-refractivity contribution in [1.29, 1.82) is 0 Å². The number of esters is 1. The fraction of sp³-hybridized carbons (Fsp3) is 0.750. The predicted octanol–water partition coefficient (Wildman–Crippen LogP) is 3.26. The van der Waals surface area contributed by atoms with Crippen molar-refractivity contribution in [3.05, 3.63) is 0 Å². The Balaban J connectivity index is 2.12. The molecule has 3 nitrogen and oxygen atoms in total. The largest absolute Gasteiger partial charge is 0.456 e. The summed E-state index contributed by atoms with van der Waals surface area (Å²) in [6.45, 7) is 2.14. The van der Waals surface area contributed by atoms with Gasteiger partial charge in [0.2, 0.25) is 0 Å². The molecule has 1 rings (SSSR count). The lowest BCUT2D eigenvalue weighted by Gasteiger charge is -2.11. The third kappa shape index (κ3) is 7.00. The van der Waals surface area contributed by atoms with E-state index in [1.54, 1.807) is 6.92 Å². The van der Waals surface area contributed by atoms with Gasteiger partial charge in [-0.15, -0.1) is 0 Å². The van der Waals surface area contributed by atoms with E-state index in [0.29, 0.717) is 18.8 Å². The van der Waals surface area contributed by atoms with Crippen molar-refractivity contribution in [3.8, 4) is 11.8 Å². The number of hydrogen-bond donors (Lipinski definition) is 0. The average Bonchev–Trinajstić information content (AvgIpc) is 2.59. The van der Waals surface area contributed by atoms with Gasteiger partial charge in [-0.25, -0.2) is 4.79 Å². The molecule has 0 aliphatic heterocycles. The minimum atomic E-state index is -0.443. The second kappa shape index (κ2) is 9.61. The van der Waals surface area contributed by atoms with E-state index in [4.69, 9.17) is 4.74 Å². The molecule has 106 valence electrons. The predicted molar refractivity (Wildman–Crippen MR) is 74.5 cm³/mol. The van der Waals surface area contributed by atoms with E-state index in [0.717, 1.165) is 38.5 Å². The normalized spacial score (nSPS) is 19.2. The Bertz CT molecular complexity index is 349. The lowest BCUT2D eigenvalue weighted by Crippen LogP contribution is -2.12. The van der Waals surface area contributed by atoms with Crippen LogP contribution in [0.1, 0.15) is 64.7 Å². The molecule has 0 saturated heterocycles. The Morgan fingerprint density at radius 2 is 2.16 bits per heavy atom. The SMILES string of the molecule is CCOC(=O)C#CCCCCC1CCCCCC1=O. The van der Waals surface area contributed by atoms with E-state index < -0.39 is 5.97 Å². The summed E-state index contributed by atoms with van der Waals surface area (Å²) in [5.74, 6) is 5.57. The molecule has 0 amide bonds. The summed E-state index contributed by atoms with van der Waals surface area (Å²) in [5.41, 5.74) is 0. The van der Waals surface area contributed by atoms with Gasteiger partial charge in [0.15, 0.2) is 0 Å². The second-order valence-corrected chi connectivity index (χ2v) is 5.03. The Kier molecular flexibility index (Phi) is 7.97. The van der Waals surface area contributed by atoms with Crippen LogP contribution in [0.15, 0.2) is 0 Å². The Morgan fingerprint density at radius 1 is 1.32 bits per heavy atom. The summed E-state index contributed by atoms with van der Waals surface area (Å²) in [7, 11) is 0. The van der Waals surface area contributed by atoms with Gasteiger partial charge in [0.25, 0.3) is 0 Å². The van der Waals surface area contributed by atoms with Gasteiger partial charge < -0.3 is 4.74 Å². The lowest BCUT2D eigenvalue weighted by atomic mass is 9.93. The van der Waals surface area contributed by atoms with Crippen molar-refractivity contribution in [2.75, 3.05) is 6.61 Å². The highest BCUT2D eigenvalue weighted by atomic mass is 16.5. The van der Waals surface area contributed by atoms with Crippen molar-refractivity contribution in [3.63, 3.8) is 0 Å². The fourth-order valence-electron chi connectivity index (χ4n) is 2.44. The molecule has 0 aromatic heterocycles. The van der Waals surface area contributed by atoms with Gasteiger partial charge in [-0.3, -0.25) is 4.79 Å². The number of rotatable bonds is 5. The first-order valence-corrected chi connectivity index (χ1v) is 7.42. The number of hydrogen-bond acceptors (Lipinski definition) is 3. The summed E-state index contributed by atoms with van der Waals surface area (Å²) in [6.07, 6.45) is 8.97. The van der Waals surface area contributed by atoms with E-state index >= 15 is 0 Å². The van der Waals surface area contributed by atoms with Crippen LogP contribution in [0.25, 0.3) is 0 Å². The van der Waals surface area contributed by atoms with Crippen molar-refractivity contribution < 1.29 is 14.3 Å². The molecule has 0 spiro atoms. The number of carbonyl (C=O) groups is 2. The van der Waals surface area contributed by atoms with Crippen LogP contribution in [0.2, 0.25) is 0 Å².